The van der Waals surface area contributed by atoms with Crippen molar-refractivity contribution in [2.24, 2.45) is 0 Å². The van der Waals surface area contributed by atoms with Crippen molar-refractivity contribution in [1.82, 2.24) is 4.31 Å². The van der Waals surface area contributed by atoms with Gasteiger partial charge in [0, 0.05) is 40.9 Å². The fraction of sp³-hybridized carbons (Fsp3) is 0.235. The van der Waals surface area contributed by atoms with Crippen LogP contribution in [0.3, 0.4) is 0 Å². The Bertz CT molecular complexity index is 974. The van der Waals surface area contributed by atoms with Gasteiger partial charge in [0.25, 0.3) is 11.6 Å². The Labute approximate surface area is 165 Å². The monoisotopic (exact) mass is 455 g/mol. The molecule has 2 aromatic carbocycles. The van der Waals surface area contributed by atoms with E-state index in [4.69, 9.17) is 0 Å². The van der Waals surface area contributed by atoms with Gasteiger partial charge in [-0.25, -0.2) is 8.42 Å². The van der Waals surface area contributed by atoms with E-state index >= 15 is 0 Å². The zero-order chi connectivity index (χ0) is 20.2. The standard InChI is InChI=1S/C17H18BrN3O5S/c1-3-20(4-2)27(25,26)16-10-12(8-9-15(16)18)17(22)19-13-6-5-7-14(11-13)21(23)24/h5-11H,3-4H2,1-2H3,(H,19,22). The number of nitrogens with zero attached hydrogens (tertiary/aromatic N) is 2. The van der Waals surface area contributed by atoms with Gasteiger partial charge in [-0.15, -0.1) is 0 Å². The molecule has 0 aromatic heterocycles. The van der Waals surface area contributed by atoms with Crippen molar-refractivity contribution < 1.29 is 18.1 Å². The fourth-order valence-corrected chi connectivity index (χ4v) is 4.85. The van der Waals surface area contributed by atoms with Crippen molar-refractivity contribution in [2.45, 2.75) is 18.7 Å². The number of nitrogens with one attached hydrogen (secondary N) is 1. The lowest BCUT2D eigenvalue weighted by atomic mass is 10.2. The maximum absolute atomic E-state index is 12.8. The number of amides is 1. The molecule has 8 nitrogen and oxygen atoms in total. The molecule has 0 heterocycles. The van der Waals surface area contributed by atoms with E-state index in [9.17, 15) is 23.3 Å². The van der Waals surface area contributed by atoms with Crippen LogP contribution in [0.2, 0.25) is 0 Å². The van der Waals surface area contributed by atoms with E-state index in [-0.39, 0.29) is 21.8 Å². The van der Waals surface area contributed by atoms with Gasteiger partial charge in [0.15, 0.2) is 0 Å². The fourth-order valence-electron chi connectivity index (χ4n) is 2.45. The molecule has 0 aliphatic rings. The van der Waals surface area contributed by atoms with E-state index < -0.39 is 20.9 Å². The van der Waals surface area contributed by atoms with Crippen LogP contribution in [0.1, 0.15) is 24.2 Å². The van der Waals surface area contributed by atoms with Gasteiger partial charge in [-0.05, 0) is 40.2 Å². The summed E-state index contributed by atoms with van der Waals surface area (Å²) in [4.78, 5) is 22.7. The van der Waals surface area contributed by atoms with Crippen LogP contribution in [0.25, 0.3) is 0 Å². The van der Waals surface area contributed by atoms with Crippen LogP contribution in [0.15, 0.2) is 51.8 Å². The largest absolute Gasteiger partial charge is 0.322 e. The van der Waals surface area contributed by atoms with Crippen LogP contribution in [-0.4, -0.2) is 36.6 Å². The average Bonchev–Trinajstić information content (AvgIpc) is 2.62. The molecule has 1 N–H and O–H groups in total. The summed E-state index contributed by atoms with van der Waals surface area (Å²) in [5.74, 6) is -0.570. The highest BCUT2D eigenvalue weighted by atomic mass is 79.9. The topological polar surface area (TPSA) is 110 Å². The molecule has 144 valence electrons. The third-order valence-electron chi connectivity index (χ3n) is 3.83. The molecule has 0 aliphatic carbocycles. The van der Waals surface area contributed by atoms with Crippen molar-refractivity contribution in [3.8, 4) is 0 Å². The Hall–Kier alpha value is -2.30. The van der Waals surface area contributed by atoms with Crippen molar-refractivity contribution in [1.29, 1.82) is 0 Å². The molecule has 0 atom stereocenters. The minimum Gasteiger partial charge on any atom is -0.322 e. The van der Waals surface area contributed by atoms with E-state index in [1.54, 1.807) is 13.8 Å². The number of rotatable bonds is 7. The van der Waals surface area contributed by atoms with Crippen LogP contribution in [0.4, 0.5) is 11.4 Å². The summed E-state index contributed by atoms with van der Waals surface area (Å²) in [6.45, 7) is 4.06. The van der Waals surface area contributed by atoms with Crippen molar-refractivity contribution in [3.05, 3.63) is 62.6 Å². The second-order valence-corrected chi connectivity index (χ2v) is 8.26. The maximum Gasteiger partial charge on any atom is 0.271 e. The number of hydrogen-bond donors (Lipinski definition) is 1. The van der Waals surface area contributed by atoms with Crippen molar-refractivity contribution in [3.63, 3.8) is 0 Å². The average molecular weight is 456 g/mol. The van der Waals surface area contributed by atoms with Crippen LogP contribution < -0.4 is 5.32 Å². The van der Waals surface area contributed by atoms with Gasteiger partial charge < -0.3 is 5.32 Å². The Kier molecular flexibility index (Phi) is 6.68. The number of nitro benzene ring substituents is 1. The summed E-state index contributed by atoms with van der Waals surface area (Å²) in [5.41, 5.74) is 0.203. The normalized spacial score (nSPS) is 11.4. The predicted octanol–water partition coefficient (Wildman–Crippen LogP) is 3.64. The van der Waals surface area contributed by atoms with Gasteiger partial charge in [0.2, 0.25) is 10.0 Å². The number of carbonyl (C=O) groups is 1. The quantitative estimate of drug-likeness (QED) is 0.505. The SMILES string of the molecule is CCN(CC)S(=O)(=O)c1cc(C(=O)Nc2cccc([N+](=O)[O-])c2)ccc1Br. The van der Waals surface area contributed by atoms with E-state index in [1.807, 2.05) is 0 Å². The first-order valence-corrected chi connectivity index (χ1v) is 10.3. The molecule has 10 heteroatoms. The number of halogens is 1. The number of non-ortho nitro benzene ring substituents is 1. The molecular weight excluding hydrogens is 438 g/mol. The smallest absolute Gasteiger partial charge is 0.271 e. The maximum atomic E-state index is 12.8. The lowest BCUT2D eigenvalue weighted by Gasteiger charge is -2.19. The minimum atomic E-state index is -3.76. The van der Waals surface area contributed by atoms with Crippen LogP contribution in [0, 0.1) is 10.1 Å². The molecule has 0 unspecified atom stereocenters. The highest BCUT2D eigenvalue weighted by molar-refractivity contribution is 9.10. The summed E-state index contributed by atoms with van der Waals surface area (Å²) >= 11 is 3.22. The van der Waals surface area contributed by atoms with Crippen molar-refractivity contribution in [2.75, 3.05) is 18.4 Å². The lowest BCUT2D eigenvalue weighted by molar-refractivity contribution is -0.384. The molecule has 0 saturated carbocycles. The first kappa shape index (κ1) is 21.0. The molecule has 0 spiro atoms. The molecule has 1 amide bonds. The summed E-state index contributed by atoms with van der Waals surface area (Å²) in [6, 6.07) is 9.73. The van der Waals surface area contributed by atoms with Gasteiger partial charge >= 0.3 is 0 Å². The molecule has 0 fully saturated rings. The Morgan fingerprint density at radius 1 is 1.19 bits per heavy atom. The van der Waals surface area contributed by atoms with Crippen molar-refractivity contribution >= 4 is 43.2 Å². The van der Waals surface area contributed by atoms with Crippen LogP contribution in [0.5, 0.6) is 0 Å². The Balaban J connectivity index is 2.36. The molecular formula is C17H18BrN3O5S. The van der Waals surface area contributed by atoms with E-state index in [1.165, 1.54) is 46.8 Å². The second kappa shape index (κ2) is 8.59. The molecule has 0 radical (unpaired) electrons. The van der Waals surface area contributed by atoms with Gasteiger partial charge in [-0.1, -0.05) is 19.9 Å². The lowest BCUT2D eigenvalue weighted by Crippen LogP contribution is -2.31. The number of sulfonamides is 1. The molecule has 2 rings (SSSR count). The third kappa shape index (κ3) is 4.71. The first-order chi connectivity index (χ1) is 12.7. The third-order valence-corrected chi connectivity index (χ3v) is 6.88. The van der Waals surface area contributed by atoms with E-state index in [0.717, 1.165) is 0 Å². The molecule has 0 aliphatic heterocycles. The molecule has 0 saturated heterocycles. The first-order valence-electron chi connectivity index (χ1n) is 8.06. The minimum absolute atomic E-state index is 0.0158. The zero-order valence-corrected chi connectivity index (χ0v) is 17.1. The van der Waals surface area contributed by atoms with E-state index in [0.29, 0.717) is 17.6 Å². The Morgan fingerprint density at radius 3 is 2.44 bits per heavy atom. The van der Waals surface area contributed by atoms with E-state index in [2.05, 4.69) is 21.2 Å². The van der Waals surface area contributed by atoms with Gasteiger partial charge in [0.1, 0.15) is 0 Å². The second-order valence-electron chi connectivity index (χ2n) is 5.50. The number of nitro groups is 1. The number of benzene rings is 2. The van der Waals surface area contributed by atoms with Gasteiger partial charge in [-0.3, -0.25) is 14.9 Å². The summed E-state index contributed by atoms with van der Waals surface area (Å²) in [6.07, 6.45) is 0. The van der Waals surface area contributed by atoms with Gasteiger partial charge in [0.05, 0.1) is 9.82 Å². The summed E-state index contributed by atoms with van der Waals surface area (Å²) in [5, 5.41) is 13.4. The molecule has 2 aromatic rings. The Morgan fingerprint density at radius 2 is 1.85 bits per heavy atom. The molecule has 27 heavy (non-hydrogen) atoms. The van der Waals surface area contributed by atoms with Crippen LogP contribution >= 0.6 is 15.9 Å². The highest BCUT2D eigenvalue weighted by Crippen LogP contribution is 2.27. The zero-order valence-electron chi connectivity index (χ0n) is 14.7. The summed E-state index contributed by atoms with van der Waals surface area (Å²) in [7, 11) is -3.76. The summed E-state index contributed by atoms with van der Waals surface area (Å²) < 4.78 is 27.2. The van der Waals surface area contributed by atoms with Gasteiger partial charge in [-0.2, -0.15) is 4.31 Å². The predicted molar refractivity (Wildman–Crippen MR) is 105 cm³/mol. The highest BCUT2D eigenvalue weighted by Gasteiger charge is 2.25. The number of anilines is 1. The number of hydrogen-bond acceptors (Lipinski definition) is 5. The molecule has 0 bridgehead atoms. The van der Waals surface area contributed by atoms with Crippen LogP contribution in [-0.2, 0) is 10.0 Å². The number of carbonyl (C=O) groups excluding carboxylic acids is 1.